The second kappa shape index (κ2) is 6.32. The van der Waals surface area contributed by atoms with Crippen molar-refractivity contribution in [2.24, 2.45) is 0 Å². The molecule has 0 aliphatic carbocycles. The number of hydrogen-bond donors (Lipinski definition) is 0. The highest BCUT2D eigenvalue weighted by atomic mass is 35.5. The van der Waals surface area contributed by atoms with Gasteiger partial charge in [0.2, 0.25) is 0 Å². The third-order valence-corrected chi connectivity index (χ3v) is 4.75. The van der Waals surface area contributed by atoms with E-state index in [0.29, 0.717) is 24.2 Å². The molecule has 0 radical (unpaired) electrons. The minimum Gasteiger partial charge on any atom is -0.337 e. The van der Waals surface area contributed by atoms with Gasteiger partial charge in [0.25, 0.3) is 5.91 Å². The van der Waals surface area contributed by atoms with Gasteiger partial charge < -0.3 is 4.90 Å². The molecule has 21 heavy (non-hydrogen) atoms. The van der Waals surface area contributed by atoms with E-state index < -0.39 is 5.82 Å². The maximum atomic E-state index is 13.8. The first-order valence-electron chi connectivity index (χ1n) is 7.63. The Hall–Kier alpha value is -1.13. The number of carbonyl (C=O) groups is 1. The molecule has 0 bridgehead atoms. The Morgan fingerprint density at radius 1 is 1.19 bits per heavy atom. The Kier molecular flexibility index (Phi) is 4.45. The first kappa shape index (κ1) is 14.8. The molecule has 1 aromatic rings. The molecule has 3 rings (SSSR count). The summed E-state index contributed by atoms with van der Waals surface area (Å²) in [5, 5.41) is 0.395. The summed E-state index contributed by atoms with van der Waals surface area (Å²) in [6.07, 6.45) is 4.77. The molecule has 3 nitrogen and oxygen atoms in total. The van der Waals surface area contributed by atoms with E-state index in [0.717, 1.165) is 19.5 Å². The van der Waals surface area contributed by atoms with Gasteiger partial charge in [0.05, 0.1) is 5.56 Å². The molecule has 2 fully saturated rings. The molecule has 114 valence electrons. The molecule has 1 atom stereocenters. The molecular formula is C16H20ClFN2O. The van der Waals surface area contributed by atoms with Gasteiger partial charge in [-0.15, -0.1) is 0 Å². The summed E-state index contributed by atoms with van der Waals surface area (Å²) in [4.78, 5) is 16.7. The fourth-order valence-corrected chi connectivity index (χ4v) is 3.51. The van der Waals surface area contributed by atoms with Gasteiger partial charge in [0, 0.05) is 24.2 Å². The molecule has 1 amide bonds. The minimum absolute atomic E-state index is 0.0850. The van der Waals surface area contributed by atoms with Crippen LogP contribution in [0.5, 0.6) is 0 Å². The van der Waals surface area contributed by atoms with Gasteiger partial charge in [-0.2, -0.15) is 0 Å². The number of likely N-dealkylation sites (tertiary alicyclic amines) is 2. The van der Waals surface area contributed by atoms with E-state index in [1.807, 2.05) is 0 Å². The average Bonchev–Trinajstić information content (AvgIpc) is 3.00. The lowest BCUT2D eigenvalue weighted by Crippen LogP contribution is -2.41. The van der Waals surface area contributed by atoms with Crippen molar-refractivity contribution in [1.82, 2.24) is 9.80 Å². The zero-order chi connectivity index (χ0) is 14.8. The highest BCUT2D eigenvalue weighted by molar-refractivity contribution is 6.31. The van der Waals surface area contributed by atoms with Crippen LogP contribution < -0.4 is 0 Å². The summed E-state index contributed by atoms with van der Waals surface area (Å²) >= 11 is 5.87. The Morgan fingerprint density at radius 3 is 2.71 bits per heavy atom. The SMILES string of the molecule is O=C(c1cc(Cl)ccc1F)N1CC[C@@H](N2CCCCC2)C1. The van der Waals surface area contributed by atoms with Crippen LogP contribution in [0.3, 0.4) is 0 Å². The highest BCUT2D eigenvalue weighted by Gasteiger charge is 2.32. The van der Waals surface area contributed by atoms with Gasteiger partial charge in [0.1, 0.15) is 5.82 Å². The van der Waals surface area contributed by atoms with Gasteiger partial charge in [-0.05, 0) is 50.6 Å². The Morgan fingerprint density at radius 2 is 1.95 bits per heavy atom. The van der Waals surface area contributed by atoms with E-state index >= 15 is 0 Å². The van der Waals surface area contributed by atoms with Gasteiger partial charge >= 0.3 is 0 Å². The quantitative estimate of drug-likeness (QED) is 0.837. The third-order valence-electron chi connectivity index (χ3n) is 4.52. The zero-order valence-electron chi connectivity index (χ0n) is 12.0. The molecule has 2 aliphatic heterocycles. The summed E-state index contributed by atoms with van der Waals surface area (Å²) in [5.41, 5.74) is 0.0850. The van der Waals surface area contributed by atoms with Gasteiger partial charge in [-0.1, -0.05) is 18.0 Å². The molecule has 0 spiro atoms. The third kappa shape index (κ3) is 3.22. The molecule has 5 heteroatoms. The topological polar surface area (TPSA) is 23.6 Å². The smallest absolute Gasteiger partial charge is 0.256 e. The van der Waals surface area contributed by atoms with Crippen molar-refractivity contribution in [1.29, 1.82) is 0 Å². The number of hydrogen-bond acceptors (Lipinski definition) is 2. The van der Waals surface area contributed by atoms with E-state index in [1.54, 1.807) is 4.90 Å². The van der Waals surface area contributed by atoms with E-state index in [2.05, 4.69) is 4.90 Å². The van der Waals surface area contributed by atoms with Crippen LogP contribution in [0.1, 0.15) is 36.0 Å². The van der Waals surface area contributed by atoms with Crippen LogP contribution in [0, 0.1) is 5.82 Å². The van der Waals surface area contributed by atoms with Crippen LogP contribution in [0.2, 0.25) is 5.02 Å². The van der Waals surface area contributed by atoms with Crippen molar-refractivity contribution in [3.8, 4) is 0 Å². The van der Waals surface area contributed by atoms with E-state index in [1.165, 1.54) is 37.5 Å². The Labute approximate surface area is 129 Å². The fourth-order valence-electron chi connectivity index (χ4n) is 3.34. The van der Waals surface area contributed by atoms with Crippen molar-refractivity contribution in [2.45, 2.75) is 31.7 Å². The summed E-state index contributed by atoms with van der Waals surface area (Å²) in [6, 6.07) is 4.58. The van der Waals surface area contributed by atoms with E-state index in [-0.39, 0.29) is 11.5 Å². The second-order valence-electron chi connectivity index (χ2n) is 5.91. The zero-order valence-corrected chi connectivity index (χ0v) is 12.8. The Balaban J connectivity index is 1.67. The fraction of sp³-hybridized carbons (Fsp3) is 0.562. The predicted octanol–water partition coefficient (Wildman–Crippen LogP) is 3.18. The molecule has 0 aromatic heterocycles. The van der Waals surface area contributed by atoms with Crippen molar-refractivity contribution in [3.05, 3.63) is 34.6 Å². The van der Waals surface area contributed by atoms with Crippen molar-refractivity contribution in [2.75, 3.05) is 26.2 Å². The molecule has 0 unspecified atom stereocenters. The first-order valence-corrected chi connectivity index (χ1v) is 8.01. The van der Waals surface area contributed by atoms with Crippen LogP contribution in [0.25, 0.3) is 0 Å². The van der Waals surface area contributed by atoms with Crippen LogP contribution >= 0.6 is 11.6 Å². The van der Waals surface area contributed by atoms with Crippen LogP contribution in [-0.4, -0.2) is 47.9 Å². The normalized spacial score (nSPS) is 23.5. The van der Waals surface area contributed by atoms with E-state index in [4.69, 9.17) is 11.6 Å². The molecule has 2 heterocycles. The molecular weight excluding hydrogens is 291 g/mol. The lowest BCUT2D eigenvalue weighted by molar-refractivity contribution is 0.0767. The number of rotatable bonds is 2. The average molecular weight is 311 g/mol. The minimum atomic E-state index is -0.495. The van der Waals surface area contributed by atoms with Crippen molar-refractivity contribution >= 4 is 17.5 Å². The second-order valence-corrected chi connectivity index (χ2v) is 6.35. The number of amides is 1. The molecule has 2 aliphatic rings. The summed E-state index contributed by atoms with van der Waals surface area (Å²) in [7, 11) is 0. The van der Waals surface area contributed by atoms with Crippen LogP contribution in [-0.2, 0) is 0 Å². The molecule has 2 saturated heterocycles. The number of carbonyl (C=O) groups excluding carboxylic acids is 1. The Bertz CT molecular complexity index is 531. The van der Waals surface area contributed by atoms with Gasteiger partial charge in [-0.3, -0.25) is 9.69 Å². The summed E-state index contributed by atoms with van der Waals surface area (Å²) in [5.74, 6) is -0.736. The lowest BCUT2D eigenvalue weighted by Gasteiger charge is -2.32. The maximum Gasteiger partial charge on any atom is 0.256 e. The largest absolute Gasteiger partial charge is 0.337 e. The molecule has 1 aromatic carbocycles. The highest BCUT2D eigenvalue weighted by Crippen LogP contribution is 2.23. The number of halogens is 2. The number of piperidine rings is 1. The van der Waals surface area contributed by atoms with Crippen molar-refractivity contribution in [3.63, 3.8) is 0 Å². The molecule has 0 saturated carbocycles. The first-order chi connectivity index (χ1) is 10.1. The van der Waals surface area contributed by atoms with Gasteiger partial charge in [-0.25, -0.2) is 4.39 Å². The lowest BCUT2D eigenvalue weighted by atomic mass is 10.1. The van der Waals surface area contributed by atoms with Crippen LogP contribution in [0.4, 0.5) is 4.39 Å². The monoisotopic (exact) mass is 310 g/mol. The van der Waals surface area contributed by atoms with E-state index in [9.17, 15) is 9.18 Å². The summed E-state index contributed by atoms with van der Waals surface area (Å²) < 4.78 is 13.8. The van der Waals surface area contributed by atoms with Crippen LogP contribution in [0.15, 0.2) is 18.2 Å². The van der Waals surface area contributed by atoms with Crippen molar-refractivity contribution < 1.29 is 9.18 Å². The van der Waals surface area contributed by atoms with Gasteiger partial charge in [0.15, 0.2) is 0 Å². The summed E-state index contributed by atoms with van der Waals surface area (Å²) in [6.45, 7) is 3.65. The predicted molar refractivity (Wildman–Crippen MR) is 81.1 cm³/mol. The number of nitrogens with zero attached hydrogens (tertiary/aromatic N) is 2. The maximum absolute atomic E-state index is 13.8. The number of benzene rings is 1. The standard InChI is InChI=1S/C16H20ClFN2O/c17-12-4-5-15(18)14(10-12)16(21)20-9-6-13(11-20)19-7-2-1-3-8-19/h4-5,10,13H,1-3,6-9,11H2/t13-/m1/s1. The molecule has 0 N–H and O–H groups in total.